The van der Waals surface area contributed by atoms with Crippen LogP contribution in [0.1, 0.15) is 31.2 Å². The molecule has 2 aliphatic rings. The Morgan fingerprint density at radius 3 is 2.62 bits per heavy atom. The SMILES string of the molecule is O=C(NC(CNC(=O)C1CC(CCCCNC2=NCCN2)=NO1)C(=O)OC(=O)C(F)(F)F)OCc1ccccc1. The van der Waals surface area contributed by atoms with Crippen LogP contribution in [-0.4, -0.2) is 80.1 Å². The van der Waals surface area contributed by atoms with Crippen molar-refractivity contribution in [3.05, 3.63) is 35.9 Å². The van der Waals surface area contributed by atoms with Crippen LogP contribution < -0.4 is 21.3 Å². The van der Waals surface area contributed by atoms with Gasteiger partial charge in [-0.3, -0.25) is 9.79 Å². The van der Waals surface area contributed by atoms with E-state index in [1.54, 1.807) is 30.3 Å². The lowest BCUT2D eigenvalue weighted by Crippen LogP contribution is -2.51. The van der Waals surface area contributed by atoms with Gasteiger partial charge in [0.05, 0.1) is 12.3 Å². The largest absolute Gasteiger partial charge is 0.491 e. The molecule has 2 aliphatic heterocycles. The number of rotatable bonds is 12. The van der Waals surface area contributed by atoms with Crippen LogP contribution in [-0.2, 0) is 35.3 Å². The Hall–Kier alpha value is -4.37. The van der Waals surface area contributed by atoms with Gasteiger partial charge in [0.15, 0.2) is 5.96 Å². The van der Waals surface area contributed by atoms with Gasteiger partial charge in [0.25, 0.3) is 5.91 Å². The minimum absolute atomic E-state index is 0.168. The number of alkyl halides is 3. The molecule has 0 aliphatic carbocycles. The molecule has 2 atom stereocenters. The summed E-state index contributed by atoms with van der Waals surface area (Å²) in [5.74, 6) is -4.48. The molecule has 1 aromatic carbocycles. The number of ether oxygens (including phenoxy) is 2. The fourth-order valence-electron chi connectivity index (χ4n) is 3.53. The van der Waals surface area contributed by atoms with E-state index in [9.17, 15) is 32.3 Å². The van der Waals surface area contributed by atoms with Crippen LogP contribution in [0.5, 0.6) is 0 Å². The van der Waals surface area contributed by atoms with Crippen LogP contribution in [0.25, 0.3) is 0 Å². The summed E-state index contributed by atoms with van der Waals surface area (Å²) >= 11 is 0. The third-order valence-electron chi connectivity index (χ3n) is 5.58. The topological polar surface area (TPSA) is 169 Å². The van der Waals surface area contributed by atoms with Gasteiger partial charge < -0.3 is 35.6 Å². The number of carbonyl (C=O) groups excluding carboxylic acids is 4. The Balaban J connectivity index is 1.44. The molecule has 0 fully saturated rings. The van der Waals surface area contributed by atoms with Crippen molar-refractivity contribution in [1.82, 2.24) is 21.3 Å². The molecule has 40 heavy (non-hydrogen) atoms. The third kappa shape index (κ3) is 10.1. The quantitative estimate of drug-likeness (QED) is 0.162. The average Bonchev–Trinajstić information content (AvgIpc) is 3.62. The molecule has 0 bridgehead atoms. The molecule has 2 unspecified atom stereocenters. The van der Waals surface area contributed by atoms with Crippen LogP contribution in [0, 0.1) is 0 Å². The first-order valence-corrected chi connectivity index (χ1v) is 12.4. The van der Waals surface area contributed by atoms with Crippen molar-refractivity contribution in [3.63, 3.8) is 0 Å². The van der Waals surface area contributed by atoms with Crippen molar-refractivity contribution < 1.29 is 46.7 Å². The van der Waals surface area contributed by atoms with Gasteiger partial charge in [-0.2, -0.15) is 13.2 Å². The molecule has 3 rings (SSSR count). The molecule has 2 heterocycles. The van der Waals surface area contributed by atoms with Gasteiger partial charge in [-0.15, -0.1) is 0 Å². The number of nitrogens with zero attached hydrogens (tertiary/aromatic N) is 2. The predicted molar refractivity (Wildman–Crippen MR) is 133 cm³/mol. The second kappa shape index (κ2) is 14.7. The zero-order valence-corrected chi connectivity index (χ0v) is 21.3. The lowest BCUT2D eigenvalue weighted by atomic mass is 10.1. The molecule has 0 saturated heterocycles. The number of halogens is 3. The minimum Gasteiger partial charge on any atom is -0.445 e. The number of nitrogens with one attached hydrogen (secondary N) is 4. The van der Waals surface area contributed by atoms with Gasteiger partial charge in [0, 0.05) is 26.1 Å². The number of alkyl carbamates (subject to hydrolysis) is 1. The fourth-order valence-corrected chi connectivity index (χ4v) is 3.53. The number of aliphatic imine (C=N–C) groups is 1. The van der Waals surface area contributed by atoms with Crippen LogP contribution >= 0.6 is 0 Å². The highest BCUT2D eigenvalue weighted by atomic mass is 19.4. The summed E-state index contributed by atoms with van der Waals surface area (Å²) in [5, 5.41) is 14.4. The number of oxime groups is 1. The normalized spacial score (nSPS) is 16.9. The first-order valence-electron chi connectivity index (χ1n) is 12.4. The minimum atomic E-state index is -5.44. The molecular formula is C24H29F3N6O7. The van der Waals surface area contributed by atoms with Crippen molar-refractivity contribution >= 4 is 35.6 Å². The zero-order chi connectivity index (χ0) is 29.0. The molecule has 0 spiro atoms. The number of esters is 2. The van der Waals surface area contributed by atoms with E-state index < -0.39 is 48.8 Å². The molecule has 0 saturated carbocycles. The van der Waals surface area contributed by atoms with E-state index >= 15 is 0 Å². The summed E-state index contributed by atoms with van der Waals surface area (Å²) in [6.07, 6.45) is -5.33. The maximum Gasteiger partial charge on any atom is 0.491 e. The number of hydrogen-bond donors (Lipinski definition) is 4. The summed E-state index contributed by atoms with van der Waals surface area (Å²) < 4.78 is 46.4. The first kappa shape index (κ1) is 30.2. The van der Waals surface area contributed by atoms with Crippen molar-refractivity contribution in [1.29, 1.82) is 0 Å². The van der Waals surface area contributed by atoms with Gasteiger partial charge in [-0.05, 0) is 24.8 Å². The summed E-state index contributed by atoms with van der Waals surface area (Å²) in [4.78, 5) is 57.4. The first-order chi connectivity index (χ1) is 19.1. The zero-order valence-electron chi connectivity index (χ0n) is 21.3. The van der Waals surface area contributed by atoms with Crippen molar-refractivity contribution in [3.8, 4) is 0 Å². The Kier molecular flexibility index (Phi) is 11.1. The molecule has 4 N–H and O–H groups in total. The number of hydrogen-bond acceptors (Lipinski definition) is 11. The average molecular weight is 571 g/mol. The Labute approximate surface area is 226 Å². The second-order valence-electron chi connectivity index (χ2n) is 8.71. The molecular weight excluding hydrogens is 541 g/mol. The highest BCUT2D eigenvalue weighted by Gasteiger charge is 2.43. The van der Waals surface area contributed by atoms with Gasteiger partial charge in [0.1, 0.15) is 12.6 Å². The fraction of sp³-hybridized carbons (Fsp3) is 0.500. The van der Waals surface area contributed by atoms with Crippen LogP contribution in [0.4, 0.5) is 18.0 Å². The maximum absolute atomic E-state index is 12.6. The molecule has 13 nitrogen and oxygen atoms in total. The van der Waals surface area contributed by atoms with Gasteiger partial charge in [0.2, 0.25) is 6.10 Å². The van der Waals surface area contributed by atoms with E-state index in [-0.39, 0.29) is 13.0 Å². The Morgan fingerprint density at radius 1 is 1.15 bits per heavy atom. The molecule has 218 valence electrons. The van der Waals surface area contributed by atoms with Gasteiger partial charge in [-0.25, -0.2) is 14.4 Å². The van der Waals surface area contributed by atoms with E-state index in [0.29, 0.717) is 24.2 Å². The van der Waals surface area contributed by atoms with E-state index in [1.807, 2.05) is 5.32 Å². The number of guanidine groups is 1. The van der Waals surface area contributed by atoms with E-state index in [4.69, 9.17) is 9.57 Å². The molecule has 1 aromatic rings. The summed E-state index contributed by atoms with van der Waals surface area (Å²) in [6.45, 7) is 1.34. The van der Waals surface area contributed by atoms with Crippen LogP contribution in [0.2, 0.25) is 0 Å². The van der Waals surface area contributed by atoms with Crippen molar-refractivity contribution in [2.75, 3.05) is 26.2 Å². The lowest BCUT2D eigenvalue weighted by Gasteiger charge is -2.18. The van der Waals surface area contributed by atoms with Crippen LogP contribution in [0.3, 0.4) is 0 Å². The van der Waals surface area contributed by atoms with E-state index in [0.717, 1.165) is 31.9 Å². The number of amides is 2. The Morgan fingerprint density at radius 2 is 1.93 bits per heavy atom. The number of unbranched alkanes of at least 4 members (excludes halogenated alkanes) is 1. The van der Waals surface area contributed by atoms with Crippen LogP contribution in [0.15, 0.2) is 40.5 Å². The summed E-state index contributed by atoms with van der Waals surface area (Å²) in [6, 6.07) is 6.56. The Bertz CT molecular complexity index is 1110. The molecule has 2 amide bonds. The molecule has 0 radical (unpaired) electrons. The van der Waals surface area contributed by atoms with Gasteiger partial charge >= 0.3 is 24.2 Å². The lowest BCUT2D eigenvalue weighted by molar-refractivity contribution is -0.202. The summed E-state index contributed by atoms with van der Waals surface area (Å²) in [5.41, 5.74) is 1.24. The predicted octanol–water partition coefficient (Wildman–Crippen LogP) is 0.894. The summed E-state index contributed by atoms with van der Waals surface area (Å²) in [7, 11) is 0. The highest BCUT2D eigenvalue weighted by molar-refractivity contribution is 5.94. The number of carbonyl (C=O) groups is 4. The maximum atomic E-state index is 12.6. The number of benzene rings is 1. The molecule has 0 aromatic heterocycles. The smallest absolute Gasteiger partial charge is 0.445 e. The second-order valence-corrected chi connectivity index (χ2v) is 8.71. The van der Waals surface area contributed by atoms with Gasteiger partial charge in [-0.1, -0.05) is 35.5 Å². The van der Waals surface area contributed by atoms with Crippen molar-refractivity contribution in [2.24, 2.45) is 10.1 Å². The monoisotopic (exact) mass is 570 g/mol. The van der Waals surface area contributed by atoms with E-state index in [1.165, 1.54) is 0 Å². The molecule has 16 heteroatoms. The third-order valence-corrected chi connectivity index (χ3v) is 5.58. The van der Waals surface area contributed by atoms with E-state index in [2.05, 4.69) is 30.8 Å². The van der Waals surface area contributed by atoms with Crippen molar-refractivity contribution in [2.45, 2.75) is 50.6 Å². The standard InChI is InChI=1S/C24H29F3N6O7/c25-24(26,27)21(36)39-20(35)17(32-23(37)38-14-15-6-2-1-3-7-15)13-31-19(34)18-12-16(33-40-18)8-4-5-9-28-22-29-10-11-30-22/h1-3,6-7,17-18H,4-5,8-14H2,(H,31,34)(H,32,37)(H2,28,29,30). The highest BCUT2D eigenvalue weighted by Crippen LogP contribution is 2.17.